The fourth-order valence-electron chi connectivity index (χ4n) is 1.99. The van der Waals surface area contributed by atoms with Gasteiger partial charge in [-0.25, -0.2) is 4.39 Å². The summed E-state index contributed by atoms with van der Waals surface area (Å²) in [5, 5.41) is 13.2. The van der Waals surface area contributed by atoms with Gasteiger partial charge in [-0.05, 0) is 35.7 Å². The number of hydrogen-bond acceptors (Lipinski definition) is 2. The largest absolute Gasteiger partial charge is 0.387 e. The van der Waals surface area contributed by atoms with Crippen molar-refractivity contribution in [1.82, 2.24) is 5.32 Å². The first-order chi connectivity index (χ1) is 9.16. The topological polar surface area (TPSA) is 32.3 Å². The van der Waals surface area contributed by atoms with Crippen molar-refractivity contribution < 1.29 is 9.50 Å². The second kappa shape index (κ2) is 6.45. The number of aryl methyl sites for hydroxylation is 1. The van der Waals surface area contributed by atoms with Crippen LogP contribution in [0.3, 0.4) is 0 Å². The molecule has 0 fully saturated rings. The van der Waals surface area contributed by atoms with Gasteiger partial charge in [0.25, 0.3) is 0 Å². The van der Waals surface area contributed by atoms with Crippen molar-refractivity contribution in [3.05, 3.63) is 71.0 Å². The minimum atomic E-state index is -0.526. The minimum absolute atomic E-state index is 0.217. The van der Waals surface area contributed by atoms with Crippen molar-refractivity contribution in [2.24, 2.45) is 0 Å². The maximum absolute atomic E-state index is 13.0. The maximum Gasteiger partial charge on any atom is 0.123 e. The summed E-state index contributed by atoms with van der Waals surface area (Å²) in [5.41, 5.74) is 2.86. The van der Waals surface area contributed by atoms with E-state index in [1.54, 1.807) is 6.07 Å². The van der Waals surface area contributed by atoms with Gasteiger partial charge in [0, 0.05) is 13.1 Å². The molecule has 2 N–H and O–H groups in total. The van der Waals surface area contributed by atoms with E-state index >= 15 is 0 Å². The highest BCUT2D eigenvalue weighted by Gasteiger charge is 2.06. The van der Waals surface area contributed by atoms with Gasteiger partial charge < -0.3 is 10.4 Å². The fourth-order valence-corrected chi connectivity index (χ4v) is 1.99. The summed E-state index contributed by atoms with van der Waals surface area (Å²) in [6.45, 7) is 2.98. The zero-order valence-corrected chi connectivity index (χ0v) is 10.9. The first kappa shape index (κ1) is 13.7. The fraction of sp³-hybridized carbons (Fsp3) is 0.250. The zero-order chi connectivity index (χ0) is 13.7. The molecule has 0 aliphatic rings. The zero-order valence-electron chi connectivity index (χ0n) is 10.9. The quantitative estimate of drug-likeness (QED) is 0.865. The summed E-state index contributed by atoms with van der Waals surface area (Å²) in [7, 11) is 0. The Bertz CT molecular complexity index is 528. The van der Waals surface area contributed by atoms with Gasteiger partial charge in [0.15, 0.2) is 0 Å². The molecule has 0 radical (unpaired) electrons. The van der Waals surface area contributed by atoms with E-state index in [2.05, 4.69) is 5.32 Å². The number of aliphatic hydroxyl groups is 1. The number of aliphatic hydroxyl groups excluding tert-OH is 1. The van der Waals surface area contributed by atoms with Crippen molar-refractivity contribution in [2.75, 3.05) is 6.54 Å². The highest BCUT2D eigenvalue weighted by molar-refractivity contribution is 5.26. The van der Waals surface area contributed by atoms with E-state index in [1.807, 2.05) is 37.3 Å². The van der Waals surface area contributed by atoms with Gasteiger partial charge in [0.05, 0.1) is 6.10 Å². The lowest BCUT2D eigenvalue weighted by molar-refractivity contribution is 0.174. The van der Waals surface area contributed by atoms with Gasteiger partial charge in [0.1, 0.15) is 5.82 Å². The Morgan fingerprint density at radius 1 is 1.16 bits per heavy atom. The normalized spacial score (nSPS) is 12.4. The SMILES string of the molecule is Cc1cc(F)ccc1CNCC(O)c1ccccc1. The van der Waals surface area contributed by atoms with Crippen LogP contribution in [0.1, 0.15) is 22.8 Å². The van der Waals surface area contributed by atoms with Gasteiger partial charge in [-0.15, -0.1) is 0 Å². The van der Waals surface area contributed by atoms with E-state index in [1.165, 1.54) is 12.1 Å². The van der Waals surface area contributed by atoms with Crippen LogP contribution in [0.25, 0.3) is 0 Å². The molecule has 0 saturated carbocycles. The molecule has 0 heterocycles. The molecule has 2 nitrogen and oxygen atoms in total. The Balaban J connectivity index is 1.86. The summed E-state index contributed by atoms with van der Waals surface area (Å²) in [4.78, 5) is 0. The lowest BCUT2D eigenvalue weighted by atomic mass is 10.1. The molecule has 2 aromatic rings. The van der Waals surface area contributed by atoms with E-state index < -0.39 is 6.10 Å². The predicted molar refractivity (Wildman–Crippen MR) is 74.2 cm³/mol. The molecular weight excluding hydrogens is 241 g/mol. The van der Waals surface area contributed by atoms with Crippen LogP contribution >= 0.6 is 0 Å². The van der Waals surface area contributed by atoms with Crippen LogP contribution in [0.5, 0.6) is 0 Å². The monoisotopic (exact) mass is 259 g/mol. The summed E-state index contributed by atoms with van der Waals surface area (Å²) >= 11 is 0. The first-order valence-electron chi connectivity index (χ1n) is 6.35. The Hall–Kier alpha value is -1.71. The van der Waals surface area contributed by atoms with Crippen molar-refractivity contribution in [3.8, 4) is 0 Å². The van der Waals surface area contributed by atoms with Gasteiger partial charge >= 0.3 is 0 Å². The standard InChI is InChI=1S/C16H18FNO/c1-12-9-15(17)8-7-14(12)10-18-11-16(19)13-5-3-2-4-6-13/h2-9,16,18-19H,10-11H2,1H3. The third-order valence-electron chi connectivity index (χ3n) is 3.14. The predicted octanol–water partition coefficient (Wildman–Crippen LogP) is 2.96. The van der Waals surface area contributed by atoms with E-state index in [-0.39, 0.29) is 5.82 Å². The molecule has 2 aromatic carbocycles. The third kappa shape index (κ3) is 3.88. The maximum atomic E-state index is 13.0. The summed E-state index contributed by atoms with van der Waals surface area (Å²) < 4.78 is 13.0. The van der Waals surface area contributed by atoms with Gasteiger partial charge in [-0.3, -0.25) is 0 Å². The molecule has 0 aromatic heterocycles. The Morgan fingerprint density at radius 2 is 1.89 bits per heavy atom. The van der Waals surface area contributed by atoms with Crippen LogP contribution in [0.2, 0.25) is 0 Å². The van der Waals surface area contributed by atoms with Gasteiger partial charge in [0.2, 0.25) is 0 Å². The molecule has 2 rings (SSSR count). The smallest absolute Gasteiger partial charge is 0.123 e. The molecule has 0 bridgehead atoms. The summed E-state index contributed by atoms with van der Waals surface area (Å²) in [6, 6.07) is 14.3. The van der Waals surface area contributed by atoms with E-state index in [4.69, 9.17) is 0 Å². The first-order valence-corrected chi connectivity index (χ1v) is 6.35. The van der Waals surface area contributed by atoms with E-state index in [0.717, 1.165) is 16.7 Å². The number of rotatable bonds is 5. The number of benzene rings is 2. The Kier molecular flexibility index (Phi) is 4.66. The van der Waals surface area contributed by atoms with Crippen molar-refractivity contribution in [2.45, 2.75) is 19.6 Å². The average molecular weight is 259 g/mol. The van der Waals surface area contributed by atoms with Crippen molar-refractivity contribution in [3.63, 3.8) is 0 Å². The molecule has 100 valence electrons. The average Bonchev–Trinajstić information content (AvgIpc) is 2.42. The van der Waals surface area contributed by atoms with Crippen LogP contribution in [0, 0.1) is 12.7 Å². The molecule has 0 amide bonds. The van der Waals surface area contributed by atoms with Crippen molar-refractivity contribution >= 4 is 0 Å². The molecule has 0 aliphatic carbocycles. The van der Waals surface area contributed by atoms with Crippen molar-refractivity contribution in [1.29, 1.82) is 0 Å². The molecule has 1 atom stereocenters. The molecular formula is C16H18FNO. The lowest BCUT2D eigenvalue weighted by Crippen LogP contribution is -2.21. The highest BCUT2D eigenvalue weighted by Crippen LogP contribution is 2.12. The van der Waals surface area contributed by atoms with Crippen LogP contribution in [-0.2, 0) is 6.54 Å². The summed E-state index contributed by atoms with van der Waals surface area (Å²) in [5.74, 6) is -0.217. The van der Waals surface area contributed by atoms with Gasteiger partial charge in [-0.1, -0.05) is 36.4 Å². The molecule has 0 saturated heterocycles. The van der Waals surface area contributed by atoms with Crippen LogP contribution in [0.15, 0.2) is 48.5 Å². The van der Waals surface area contributed by atoms with Crippen LogP contribution < -0.4 is 5.32 Å². The minimum Gasteiger partial charge on any atom is -0.387 e. The second-order valence-corrected chi connectivity index (χ2v) is 4.63. The number of hydrogen-bond donors (Lipinski definition) is 2. The van der Waals surface area contributed by atoms with E-state index in [0.29, 0.717) is 13.1 Å². The number of nitrogens with one attached hydrogen (secondary N) is 1. The van der Waals surface area contributed by atoms with Gasteiger partial charge in [-0.2, -0.15) is 0 Å². The Morgan fingerprint density at radius 3 is 2.58 bits per heavy atom. The van der Waals surface area contributed by atoms with Crippen LogP contribution in [0.4, 0.5) is 4.39 Å². The second-order valence-electron chi connectivity index (χ2n) is 4.63. The third-order valence-corrected chi connectivity index (χ3v) is 3.14. The molecule has 0 aliphatic heterocycles. The molecule has 19 heavy (non-hydrogen) atoms. The van der Waals surface area contributed by atoms with Crippen LogP contribution in [-0.4, -0.2) is 11.7 Å². The van der Waals surface area contributed by atoms with E-state index in [9.17, 15) is 9.50 Å². The number of halogens is 1. The molecule has 1 unspecified atom stereocenters. The lowest BCUT2D eigenvalue weighted by Gasteiger charge is -2.13. The molecule has 3 heteroatoms. The Labute approximate surface area is 112 Å². The highest BCUT2D eigenvalue weighted by atomic mass is 19.1. The molecule has 0 spiro atoms. The summed E-state index contributed by atoms with van der Waals surface area (Å²) in [6.07, 6.45) is -0.526.